The summed E-state index contributed by atoms with van der Waals surface area (Å²) in [5.74, 6) is 0.195. The summed E-state index contributed by atoms with van der Waals surface area (Å²) in [6, 6.07) is 20.6. The molecule has 0 unspecified atom stereocenters. The smallest absolute Gasteiger partial charge is 0.343 e. The summed E-state index contributed by atoms with van der Waals surface area (Å²) >= 11 is 5.81. The van der Waals surface area contributed by atoms with E-state index in [0.717, 1.165) is 11.1 Å². The van der Waals surface area contributed by atoms with Gasteiger partial charge in [-0.15, -0.1) is 0 Å². The standard InChI is InChI=1S/C23H19ClN2O4/c1-16-4-2-3-5-21(16)29-15-22(27)26-25-14-17-6-12-20(13-7-17)30-23(28)18-8-10-19(24)11-9-18/h2-14H,15H2,1H3,(H,26,27)/b25-14+. The van der Waals surface area contributed by atoms with Crippen LogP contribution < -0.4 is 14.9 Å². The van der Waals surface area contributed by atoms with Crippen molar-refractivity contribution in [1.82, 2.24) is 5.43 Å². The molecule has 0 heterocycles. The summed E-state index contributed by atoms with van der Waals surface area (Å²) in [6.45, 7) is 1.77. The molecule has 3 aromatic carbocycles. The van der Waals surface area contributed by atoms with E-state index in [0.29, 0.717) is 22.1 Å². The Morgan fingerprint density at radius 2 is 1.70 bits per heavy atom. The van der Waals surface area contributed by atoms with Gasteiger partial charge in [0.15, 0.2) is 6.61 Å². The number of aryl methyl sites for hydroxylation is 1. The summed E-state index contributed by atoms with van der Waals surface area (Å²) in [5.41, 5.74) is 4.48. The fourth-order valence-corrected chi connectivity index (χ4v) is 2.57. The number of hydrazone groups is 1. The Hall–Kier alpha value is -3.64. The minimum atomic E-state index is -0.478. The number of benzene rings is 3. The number of nitrogens with one attached hydrogen (secondary N) is 1. The normalized spacial score (nSPS) is 10.6. The molecule has 1 N–H and O–H groups in total. The van der Waals surface area contributed by atoms with Crippen LogP contribution in [0.3, 0.4) is 0 Å². The van der Waals surface area contributed by atoms with Crippen molar-refractivity contribution >= 4 is 29.7 Å². The highest BCUT2D eigenvalue weighted by Crippen LogP contribution is 2.16. The van der Waals surface area contributed by atoms with Crippen LogP contribution in [0.15, 0.2) is 77.9 Å². The quantitative estimate of drug-likeness (QED) is 0.265. The van der Waals surface area contributed by atoms with E-state index in [-0.39, 0.29) is 12.5 Å². The highest BCUT2D eigenvalue weighted by molar-refractivity contribution is 6.30. The molecule has 0 aliphatic heterocycles. The number of hydrogen-bond acceptors (Lipinski definition) is 5. The fraction of sp³-hybridized carbons (Fsp3) is 0.0870. The molecule has 0 aliphatic carbocycles. The molecule has 0 aromatic heterocycles. The largest absolute Gasteiger partial charge is 0.483 e. The van der Waals surface area contributed by atoms with Crippen molar-refractivity contribution < 1.29 is 19.1 Å². The molecule has 0 fully saturated rings. The van der Waals surface area contributed by atoms with Gasteiger partial charge in [0, 0.05) is 5.02 Å². The number of carbonyl (C=O) groups excluding carboxylic acids is 2. The molecule has 6 nitrogen and oxygen atoms in total. The van der Waals surface area contributed by atoms with E-state index in [1.54, 1.807) is 54.6 Å². The molecule has 0 atom stereocenters. The van der Waals surface area contributed by atoms with Crippen LogP contribution in [0.4, 0.5) is 0 Å². The minimum absolute atomic E-state index is 0.137. The zero-order chi connectivity index (χ0) is 21.3. The Kier molecular flexibility index (Phi) is 7.19. The van der Waals surface area contributed by atoms with Crippen molar-refractivity contribution in [2.75, 3.05) is 6.61 Å². The van der Waals surface area contributed by atoms with Crippen LogP contribution in [0.1, 0.15) is 21.5 Å². The average Bonchev–Trinajstić information content (AvgIpc) is 2.75. The first kappa shape index (κ1) is 21.1. The van der Waals surface area contributed by atoms with Gasteiger partial charge in [-0.3, -0.25) is 4.79 Å². The Labute approximate surface area is 179 Å². The monoisotopic (exact) mass is 422 g/mol. The number of carbonyl (C=O) groups is 2. The molecule has 0 radical (unpaired) electrons. The van der Waals surface area contributed by atoms with Gasteiger partial charge in [-0.05, 0) is 72.6 Å². The van der Waals surface area contributed by atoms with Crippen molar-refractivity contribution in [3.63, 3.8) is 0 Å². The molecular weight excluding hydrogens is 404 g/mol. The van der Waals surface area contributed by atoms with Gasteiger partial charge in [0.1, 0.15) is 11.5 Å². The Morgan fingerprint density at radius 1 is 1.00 bits per heavy atom. The summed E-state index contributed by atoms with van der Waals surface area (Å²) < 4.78 is 10.8. The first-order valence-corrected chi connectivity index (χ1v) is 9.47. The van der Waals surface area contributed by atoms with E-state index in [1.165, 1.54) is 6.21 Å². The van der Waals surface area contributed by atoms with Gasteiger partial charge in [-0.1, -0.05) is 29.8 Å². The lowest BCUT2D eigenvalue weighted by atomic mass is 10.2. The average molecular weight is 423 g/mol. The Morgan fingerprint density at radius 3 is 2.40 bits per heavy atom. The van der Waals surface area contributed by atoms with Crippen LogP contribution in [0.25, 0.3) is 0 Å². The predicted octanol–water partition coefficient (Wildman–Crippen LogP) is 4.40. The predicted molar refractivity (Wildman–Crippen MR) is 115 cm³/mol. The Balaban J connectivity index is 1.47. The molecular formula is C23H19ClN2O4. The van der Waals surface area contributed by atoms with Crippen molar-refractivity contribution in [3.8, 4) is 11.5 Å². The topological polar surface area (TPSA) is 77.0 Å². The van der Waals surface area contributed by atoms with E-state index >= 15 is 0 Å². The number of para-hydroxylation sites is 1. The minimum Gasteiger partial charge on any atom is -0.483 e. The van der Waals surface area contributed by atoms with E-state index in [2.05, 4.69) is 10.5 Å². The van der Waals surface area contributed by atoms with Crippen LogP contribution in [-0.2, 0) is 4.79 Å². The molecule has 0 aliphatic rings. The van der Waals surface area contributed by atoms with E-state index < -0.39 is 5.97 Å². The molecule has 3 rings (SSSR count). The van der Waals surface area contributed by atoms with Gasteiger partial charge < -0.3 is 9.47 Å². The molecule has 0 spiro atoms. The van der Waals surface area contributed by atoms with Crippen LogP contribution in [-0.4, -0.2) is 24.7 Å². The molecule has 0 bridgehead atoms. The maximum Gasteiger partial charge on any atom is 0.343 e. The van der Waals surface area contributed by atoms with Gasteiger partial charge >= 0.3 is 5.97 Å². The van der Waals surface area contributed by atoms with Crippen molar-refractivity contribution in [1.29, 1.82) is 0 Å². The van der Waals surface area contributed by atoms with Gasteiger partial charge in [0.05, 0.1) is 11.8 Å². The SMILES string of the molecule is Cc1ccccc1OCC(=O)N/N=C/c1ccc(OC(=O)c2ccc(Cl)cc2)cc1. The van der Waals surface area contributed by atoms with Crippen LogP contribution in [0.5, 0.6) is 11.5 Å². The number of hydrogen-bond donors (Lipinski definition) is 1. The number of rotatable bonds is 7. The number of esters is 1. The van der Waals surface area contributed by atoms with Gasteiger partial charge in [-0.2, -0.15) is 5.10 Å². The molecule has 30 heavy (non-hydrogen) atoms. The van der Waals surface area contributed by atoms with Crippen LogP contribution in [0, 0.1) is 6.92 Å². The molecule has 0 saturated carbocycles. The highest BCUT2D eigenvalue weighted by atomic mass is 35.5. The molecule has 0 saturated heterocycles. The van der Waals surface area contributed by atoms with Gasteiger partial charge in [-0.25, -0.2) is 10.2 Å². The number of halogens is 1. The van der Waals surface area contributed by atoms with Gasteiger partial charge in [0.2, 0.25) is 0 Å². The molecule has 1 amide bonds. The van der Waals surface area contributed by atoms with Crippen molar-refractivity contribution in [2.45, 2.75) is 6.92 Å². The summed E-state index contributed by atoms with van der Waals surface area (Å²) in [5, 5.41) is 4.44. The first-order chi connectivity index (χ1) is 14.5. The second-order valence-corrected chi connectivity index (χ2v) is 6.75. The molecule has 152 valence electrons. The lowest BCUT2D eigenvalue weighted by molar-refractivity contribution is -0.123. The van der Waals surface area contributed by atoms with Crippen molar-refractivity contribution in [2.24, 2.45) is 5.10 Å². The third-order valence-corrected chi connectivity index (χ3v) is 4.28. The third-order valence-electron chi connectivity index (χ3n) is 4.03. The zero-order valence-electron chi connectivity index (χ0n) is 16.2. The van der Waals surface area contributed by atoms with Crippen molar-refractivity contribution in [3.05, 3.63) is 94.5 Å². The van der Waals surface area contributed by atoms with E-state index in [4.69, 9.17) is 21.1 Å². The maximum atomic E-state index is 12.1. The first-order valence-electron chi connectivity index (χ1n) is 9.09. The molecule has 3 aromatic rings. The summed E-state index contributed by atoms with van der Waals surface area (Å²) in [4.78, 5) is 23.9. The number of amides is 1. The van der Waals surface area contributed by atoms with E-state index in [9.17, 15) is 9.59 Å². The lowest BCUT2D eigenvalue weighted by Gasteiger charge is -2.07. The zero-order valence-corrected chi connectivity index (χ0v) is 16.9. The van der Waals surface area contributed by atoms with Crippen LogP contribution >= 0.6 is 11.6 Å². The van der Waals surface area contributed by atoms with Gasteiger partial charge in [0.25, 0.3) is 5.91 Å². The Bertz CT molecular complexity index is 1050. The van der Waals surface area contributed by atoms with Crippen LogP contribution in [0.2, 0.25) is 5.02 Å². The summed E-state index contributed by atoms with van der Waals surface area (Å²) in [7, 11) is 0. The highest BCUT2D eigenvalue weighted by Gasteiger charge is 2.08. The fourth-order valence-electron chi connectivity index (χ4n) is 2.45. The van der Waals surface area contributed by atoms with E-state index in [1.807, 2.05) is 25.1 Å². The lowest BCUT2D eigenvalue weighted by Crippen LogP contribution is -2.24. The number of nitrogens with zero attached hydrogens (tertiary/aromatic N) is 1. The summed E-state index contributed by atoms with van der Waals surface area (Å²) in [6.07, 6.45) is 1.48. The number of ether oxygens (including phenoxy) is 2. The molecule has 7 heteroatoms. The second kappa shape index (κ2) is 10.2. The maximum absolute atomic E-state index is 12.1. The third kappa shape index (κ3) is 6.18. The second-order valence-electron chi connectivity index (χ2n) is 6.31.